The topological polar surface area (TPSA) is 12.5 Å². The molecule has 0 bridgehead atoms. The second-order valence-electron chi connectivity index (χ2n) is 4.25. The zero-order valence-corrected chi connectivity index (χ0v) is 8.73. The van der Waals surface area contributed by atoms with E-state index in [4.69, 9.17) is 4.84 Å². The van der Waals surface area contributed by atoms with Gasteiger partial charge in [0, 0.05) is 12.1 Å². The van der Waals surface area contributed by atoms with Crippen LogP contribution in [0.1, 0.15) is 19.3 Å². The van der Waals surface area contributed by atoms with Crippen molar-refractivity contribution in [3.63, 3.8) is 0 Å². The number of hydrogen-bond acceptors (Lipinski definition) is 2. The Bertz CT molecular complexity index is 371. The quantitative estimate of drug-likeness (QED) is 0.692. The lowest BCUT2D eigenvalue weighted by atomic mass is 10.0. The molecular weight excluding hydrogens is 186 g/mol. The van der Waals surface area contributed by atoms with Crippen molar-refractivity contribution < 1.29 is 4.84 Å². The van der Waals surface area contributed by atoms with Gasteiger partial charge in [0.2, 0.25) is 0 Å². The average Bonchev–Trinajstić information content (AvgIpc) is 2.77. The maximum atomic E-state index is 5.73. The molecule has 2 nitrogen and oxygen atoms in total. The van der Waals surface area contributed by atoms with Crippen molar-refractivity contribution in [2.24, 2.45) is 5.92 Å². The molecule has 0 N–H and O–H groups in total. The standard InChI is InChI=1S/C13H15NO/c1-2-7-13(8-3-1)14-9-11-5-4-6-12(11)10-15-14/h1-3,7-9,12H,4-6,10H2. The highest BCUT2D eigenvalue weighted by Gasteiger charge is 2.26. The fourth-order valence-electron chi connectivity index (χ4n) is 2.38. The van der Waals surface area contributed by atoms with Crippen molar-refractivity contribution >= 4 is 5.69 Å². The molecule has 0 radical (unpaired) electrons. The van der Waals surface area contributed by atoms with Gasteiger partial charge in [-0.15, -0.1) is 0 Å². The summed E-state index contributed by atoms with van der Waals surface area (Å²) < 4.78 is 0. The number of rotatable bonds is 1. The lowest BCUT2D eigenvalue weighted by Gasteiger charge is -2.28. The first kappa shape index (κ1) is 8.98. The summed E-state index contributed by atoms with van der Waals surface area (Å²) >= 11 is 0. The zero-order chi connectivity index (χ0) is 10.1. The summed E-state index contributed by atoms with van der Waals surface area (Å²) in [5.41, 5.74) is 2.68. The number of hydroxylamine groups is 1. The van der Waals surface area contributed by atoms with Crippen LogP contribution < -0.4 is 5.06 Å². The Kier molecular flexibility index (Phi) is 2.22. The number of hydrogen-bond donors (Lipinski definition) is 0. The van der Waals surface area contributed by atoms with E-state index >= 15 is 0 Å². The third-order valence-corrected chi connectivity index (χ3v) is 3.25. The van der Waals surface area contributed by atoms with Gasteiger partial charge in [0.25, 0.3) is 0 Å². The molecule has 1 fully saturated rings. The van der Waals surface area contributed by atoms with E-state index in [1.54, 1.807) is 5.57 Å². The third-order valence-electron chi connectivity index (χ3n) is 3.25. The molecule has 2 heteroatoms. The molecule has 1 aromatic rings. The summed E-state index contributed by atoms with van der Waals surface area (Å²) in [7, 11) is 0. The molecule has 1 aliphatic carbocycles. The number of nitrogens with zero attached hydrogens (tertiary/aromatic N) is 1. The third kappa shape index (κ3) is 1.65. The Morgan fingerprint density at radius 3 is 2.93 bits per heavy atom. The summed E-state index contributed by atoms with van der Waals surface area (Å²) in [6.07, 6.45) is 6.05. The van der Waals surface area contributed by atoms with Crippen molar-refractivity contribution in [2.75, 3.05) is 11.7 Å². The van der Waals surface area contributed by atoms with Gasteiger partial charge in [0.05, 0.1) is 12.3 Å². The predicted molar refractivity (Wildman–Crippen MR) is 60.3 cm³/mol. The highest BCUT2D eigenvalue weighted by atomic mass is 16.7. The normalized spacial score (nSPS) is 24.9. The number of fused-ring (bicyclic) bond motifs is 1. The molecule has 1 heterocycles. The Labute approximate surface area is 90.1 Å². The van der Waals surface area contributed by atoms with Crippen molar-refractivity contribution in [2.45, 2.75) is 19.3 Å². The van der Waals surface area contributed by atoms with Gasteiger partial charge in [0.15, 0.2) is 0 Å². The van der Waals surface area contributed by atoms with Crippen molar-refractivity contribution in [1.29, 1.82) is 0 Å². The molecule has 1 atom stereocenters. The van der Waals surface area contributed by atoms with Crippen LogP contribution in [0.25, 0.3) is 0 Å². The molecule has 1 aliphatic heterocycles. The average molecular weight is 201 g/mol. The summed E-state index contributed by atoms with van der Waals surface area (Å²) in [4.78, 5) is 5.73. The van der Waals surface area contributed by atoms with Crippen LogP contribution in [0.4, 0.5) is 5.69 Å². The molecular formula is C13H15NO. The minimum absolute atomic E-state index is 0.685. The van der Waals surface area contributed by atoms with Gasteiger partial charge in [-0.1, -0.05) is 18.2 Å². The van der Waals surface area contributed by atoms with Gasteiger partial charge in [-0.25, -0.2) is 5.06 Å². The lowest BCUT2D eigenvalue weighted by molar-refractivity contribution is 0.0957. The summed E-state index contributed by atoms with van der Waals surface area (Å²) in [6.45, 7) is 0.848. The molecule has 0 saturated heterocycles. The van der Waals surface area contributed by atoms with Gasteiger partial charge in [-0.05, 0) is 37.0 Å². The minimum Gasteiger partial charge on any atom is -0.269 e. The highest BCUT2D eigenvalue weighted by Crippen LogP contribution is 2.35. The molecule has 0 aromatic heterocycles. The van der Waals surface area contributed by atoms with E-state index < -0.39 is 0 Å². The Hall–Kier alpha value is -1.28. The molecule has 3 rings (SSSR count). The van der Waals surface area contributed by atoms with Crippen LogP contribution in [0.2, 0.25) is 0 Å². The van der Waals surface area contributed by atoms with Crippen LogP contribution in [0.5, 0.6) is 0 Å². The van der Waals surface area contributed by atoms with E-state index in [1.165, 1.54) is 19.3 Å². The van der Waals surface area contributed by atoms with Gasteiger partial charge < -0.3 is 0 Å². The van der Waals surface area contributed by atoms with Crippen LogP contribution >= 0.6 is 0 Å². The van der Waals surface area contributed by atoms with Gasteiger partial charge in [0.1, 0.15) is 0 Å². The molecule has 2 aliphatic rings. The van der Waals surface area contributed by atoms with Crippen LogP contribution in [0, 0.1) is 5.92 Å². The maximum absolute atomic E-state index is 5.73. The molecule has 1 unspecified atom stereocenters. The van der Waals surface area contributed by atoms with E-state index in [9.17, 15) is 0 Å². The summed E-state index contributed by atoms with van der Waals surface area (Å²) in [5.74, 6) is 0.685. The summed E-state index contributed by atoms with van der Waals surface area (Å²) in [6, 6.07) is 10.3. The predicted octanol–water partition coefficient (Wildman–Crippen LogP) is 3.12. The number of benzene rings is 1. The monoisotopic (exact) mass is 201 g/mol. The lowest BCUT2D eigenvalue weighted by Crippen LogP contribution is -2.26. The Balaban J connectivity index is 1.87. The van der Waals surface area contributed by atoms with E-state index in [0.717, 1.165) is 12.3 Å². The largest absolute Gasteiger partial charge is 0.269 e. The zero-order valence-electron chi connectivity index (χ0n) is 8.73. The molecule has 0 amide bonds. The van der Waals surface area contributed by atoms with Crippen molar-refractivity contribution in [3.05, 3.63) is 42.1 Å². The van der Waals surface area contributed by atoms with Crippen LogP contribution in [0.15, 0.2) is 42.1 Å². The van der Waals surface area contributed by atoms with E-state index in [2.05, 4.69) is 18.3 Å². The Morgan fingerprint density at radius 1 is 1.20 bits per heavy atom. The number of para-hydroxylation sites is 1. The molecule has 78 valence electrons. The molecule has 1 saturated carbocycles. The summed E-state index contributed by atoms with van der Waals surface area (Å²) in [5, 5.41) is 1.91. The van der Waals surface area contributed by atoms with Gasteiger partial charge >= 0.3 is 0 Å². The second-order valence-corrected chi connectivity index (χ2v) is 4.25. The number of anilines is 1. The van der Waals surface area contributed by atoms with Crippen LogP contribution in [0.3, 0.4) is 0 Å². The fraction of sp³-hybridized carbons (Fsp3) is 0.385. The molecule has 15 heavy (non-hydrogen) atoms. The van der Waals surface area contributed by atoms with Crippen LogP contribution in [-0.4, -0.2) is 6.61 Å². The molecule has 1 aromatic carbocycles. The maximum Gasteiger partial charge on any atom is 0.0819 e. The van der Waals surface area contributed by atoms with Gasteiger partial charge in [-0.3, -0.25) is 4.84 Å². The highest BCUT2D eigenvalue weighted by molar-refractivity contribution is 5.47. The smallest absolute Gasteiger partial charge is 0.0819 e. The first-order valence-corrected chi connectivity index (χ1v) is 5.61. The van der Waals surface area contributed by atoms with Gasteiger partial charge in [-0.2, -0.15) is 0 Å². The van der Waals surface area contributed by atoms with Crippen molar-refractivity contribution in [1.82, 2.24) is 0 Å². The SMILES string of the molecule is C1=C2CCCC2CON1c1ccccc1. The molecule has 0 spiro atoms. The van der Waals surface area contributed by atoms with Crippen molar-refractivity contribution in [3.8, 4) is 0 Å². The second kappa shape index (κ2) is 3.70. The first-order valence-electron chi connectivity index (χ1n) is 5.61. The van der Waals surface area contributed by atoms with E-state index in [1.807, 2.05) is 23.3 Å². The fourth-order valence-corrected chi connectivity index (χ4v) is 2.38. The van der Waals surface area contributed by atoms with E-state index in [0.29, 0.717) is 5.92 Å². The first-order chi connectivity index (χ1) is 7.43. The Morgan fingerprint density at radius 2 is 2.07 bits per heavy atom. The minimum atomic E-state index is 0.685. The van der Waals surface area contributed by atoms with Crippen LogP contribution in [-0.2, 0) is 4.84 Å². The van der Waals surface area contributed by atoms with E-state index in [-0.39, 0.29) is 0 Å².